The minimum atomic E-state index is -0.134. The minimum Gasteiger partial charge on any atom is -0.382 e. The summed E-state index contributed by atoms with van der Waals surface area (Å²) in [7, 11) is 0. The van der Waals surface area contributed by atoms with Crippen LogP contribution in [0.2, 0.25) is 0 Å². The lowest BCUT2D eigenvalue weighted by Crippen LogP contribution is -2.52. The number of urea groups is 1. The minimum absolute atomic E-state index is 0.0752. The molecule has 3 N–H and O–H groups in total. The van der Waals surface area contributed by atoms with Crippen LogP contribution in [-0.2, 0) is 4.79 Å². The van der Waals surface area contributed by atoms with E-state index in [1.807, 2.05) is 0 Å². The molecule has 31 heavy (non-hydrogen) atoms. The number of fused-ring (bicyclic) bond motifs is 3. The van der Waals surface area contributed by atoms with Crippen molar-refractivity contribution in [1.82, 2.24) is 15.5 Å². The second kappa shape index (κ2) is 9.49. The Kier molecular flexibility index (Phi) is 6.73. The van der Waals surface area contributed by atoms with E-state index in [9.17, 15) is 9.59 Å². The van der Waals surface area contributed by atoms with E-state index in [1.165, 1.54) is 5.56 Å². The van der Waals surface area contributed by atoms with Gasteiger partial charge in [-0.05, 0) is 50.2 Å². The molecule has 2 aliphatic heterocycles. The van der Waals surface area contributed by atoms with Crippen molar-refractivity contribution in [2.75, 3.05) is 18.4 Å². The molecule has 0 aromatic heterocycles. The quantitative estimate of drug-likeness (QED) is 0.657. The predicted octanol–water partition coefficient (Wildman–Crippen LogP) is 4.29. The first-order valence-electron chi connectivity index (χ1n) is 12.2. The highest BCUT2D eigenvalue weighted by Crippen LogP contribution is 2.47. The number of hydrogen-bond acceptors (Lipinski definition) is 3. The predicted molar refractivity (Wildman–Crippen MR) is 124 cm³/mol. The van der Waals surface area contributed by atoms with Crippen molar-refractivity contribution in [2.24, 2.45) is 17.8 Å². The van der Waals surface area contributed by atoms with Crippen molar-refractivity contribution < 1.29 is 9.59 Å². The molecule has 0 radical (unpaired) electrons. The van der Waals surface area contributed by atoms with Gasteiger partial charge in [0.2, 0.25) is 5.91 Å². The number of carbonyl (C=O) groups is 2. The van der Waals surface area contributed by atoms with Crippen LogP contribution in [0, 0.1) is 17.8 Å². The summed E-state index contributed by atoms with van der Waals surface area (Å²) < 4.78 is 0. The van der Waals surface area contributed by atoms with E-state index in [2.05, 4.69) is 65.9 Å². The number of nitrogens with zero attached hydrogens (tertiary/aromatic N) is 1. The Morgan fingerprint density at radius 3 is 2.74 bits per heavy atom. The molecule has 2 heterocycles. The number of benzene rings is 1. The van der Waals surface area contributed by atoms with Crippen molar-refractivity contribution in [3.8, 4) is 0 Å². The summed E-state index contributed by atoms with van der Waals surface area (Å²) in [5.41, 5.74) is 2.39. The highest BCUT2D eigenvalue weighted by atomic mass is 16.2. The molecule has 6 nitrogen and oxygen atoms in total. The first-order chi connectivity index (χ1) is 15.0. The molecule has 0 unspecified atom stereocenters. The summed E-state index contributed by atoms with van der Waals surface area (Å²) in [6.07, 6.45) is 5.85. The maximum Gasteiger partial charge on any atom is 0.315 e. The molecule has 2 fully saturated rings. The zero-order valence-electron chi connectivity index (χ0n) is 19.2. The van der Waals surface area contributed by atoms with Crippen molar-refractivity contribution in [1.29, 1.82) is 0 Å². The Bertz CT molecular complexity index is 795. The Labute approximate surface area is 186 Å². The molecule has 1 aliphatic carbocycles. The van der Waals surface area contributed by atoms with E-state index in [0.29, 0.717) is 24.4 Å². The SMILES string of the molecule is CC(C)CCNC(=O)N[C@@H]1CCCC[C@@H]1C(=O)N1CC[C@@H]2[C@H](C)Nc3ccccc3[C@@H]21. The zero-order chi connectivity index (χ0) is 22.0. The van der Waals surface area contributed by atoms with Crippen molar-refractivity contribution in [3.63, 3.8) is 0 Å². The average Bonchev–Trinajstić information content (AvgIpc) is 3.20. The molecule has 1 saturated heterocycles. The van der Waals surface area contributed by atoms with Crippen LogP contribution >= 0.6 is 0 Å². The third-order valence-corrected chi connectivity index (χ3v) is 7.44. The van der Waals surface area contributed by atoms with Gasteiger partial charge in [0, 0.05) is 36.8 Å². The summed E-state index contributed by atoms with van der Waals surface area (Å²) in [6.45, 7) is 8.01. The lowest BCUT2D eigenvalue weighted by Gasteiger charge is -2.41. The van der Waals surface area contributed by atoms with E-state index in [0.717, 1.165) is 50.8 Å². The van der Waals surface area contributed by atoms with Gasteiger partial charge in [-0.25, -0.2) is 4.79 Å². The summed E-state index contributed by atoms with van der Waals surface area (Å²) in [5.74, 6) is 1.10. The van der Waals surface area contributed by atoms with Gasteiger partial charge < -0.3 is 20.9 Å². The molecule has 170 valence electrons. The van der Waals surface area contributed by atoms with Gasteiger partial charge in [-0.1, -0.05) is 44.9 Å². The molecule has 1 aromatic carbocycles. The summed E-state index contributed by atoms with van der Waals surface area (Å²) in [6, 6.07) is 8.69. The highest BCUT2D eigenvalue weighted by molar-refractivity contribution is 5.82. The van der Waals surface area contributed by atoms with E-state index < -0.39 is 0 Å². The molecule has 0 bridgehead atoms. The highest BCUT2D eigenvalue weighted by Gasteiger charge is 2.46. The van der Waals surface area contributed by atoms with Crippen molar-refractivity contribution >= 4 is 17.6 Å². The Balaban J connectivity index is 1.47. The van der Waals surface area contributed by atoms with Gasteiger partial charge in [-0.15, -0.1) is 0 Å². The van der Waals surface area contributed by atoms with Gasteiger partial charge in [0.1, 0.15) is 0 Å². The number of anilines is 1. The molecule has 3 amide bonds. The lowest BCUT2D eigenvalue weighted by molar-refractivity contribution is -0.138. The topological polar surface area (TPSA) is 73.5 Å². The Hall–Kier alpha value is -2.24. The molecular formula is C25H38N4O2. The monoisotopic (exact) mass is 426 g/mol. The van der Waals surface area contributed by atoms with Crippen LogP contribution in [0.5, 0.6) is 0 Å². The first-order valence-corrected chi connectivity index (χ1v) is 12.2. The maximum absolute atomic E-state index is 13.8. The normalized spacial score (nSPS) is 29.7. The second-order valence-corrected chi connectivity index (χ2v) is 10.0. The summed E-state index contributed by atoms with van der Waals surface area (Å²) >= 11 is 0. The van der Waals surface area contributed by atoms with Crippen LogP contribution in [-0.4, -0.2) is 42.0 Å². The third kappa shape index (κ3) is 4.68. The fraction of sp³-hybridized carbons (Fsp3) is 0.680. The fourth-order valence-electron chi connectivity index (χ4n) is 5.73. The molecule has 1 aromatic rings. The standard InChI is InChI=1S/C25H38N4O2/c1-16(2)12-14-26-25(31)28-22-11-7-5-9-20(22)24(30)29-15-13-18-17(3)27-21-10-6-4-8-19(21)23(18)29/h4,6,8,10,16-18,20,22-23,27H,5,7,9,11-15H2,1-3H3,(H2,26,28,31)/t17-,18+,20-,22+,23+/m0/s1. The number of carbonyl (C=O) groups excluding carboxylic acids is 2. The lowest BCUT2D eigenvalue weighted by atomic mass is 9.81. The summed E-state index contributed by atoms with van der Waals surface area (Å²) in [4.78, 5) is 28.4. The smallest absolute Gasteiger partial charge is 0.315 e. The van der Waals surface area contributed by atoms with Gasteiger partial charge in [-0.3, -0.25) is 4.79 Å². The van der Waals surface area contributed by atoms with Gasteiger partial charge in [0.05, 0.1) is 12.0 Å². The van der Waals surface area contributed by atoms with E-state index in [-0.39, 0.29) is 29.9 Å². The summed E-state index contributed by atoms with van der Waals surface area (Å²) in [5, 5.41) is 9.74. The van der Waals surface area contributed by atoms with Crippen LogP contribution < -0.4 is 16.0 Å². The van der Waals surface area contributed by atoms with Crippen LogP contribution in [0.3, 0.4) is 0 Å². The fourth-order valence-corrected chi connectivity index (χ4v) is 5.73. The number of likely N-dealkylation sites (tertiary alicyclic amines) is 1. The number of hydrogen-bond donors (Lipinski definition) is 3. The van der Waals surface area contributed by atoms with Crippen LogP contribution in [0.4, 0.5) is 10.5 Å². The average molecular weight is 427 g/mol. The number of para-hydroxylation sites is 1. The van der Waals surface area contributed by atoms with Crippen LogP contribution in [0.15, 0.2) is 24.3 Å². The molecule has 5 atom stereocenters. The van der Waals surface area contributed by atoms with Crippen LogP contribution in [0.1, 0.15) is 70.9 Å². The van der Waals surface area contributed by atoms with Crippen molar-refractivity contribution in [3.05, 3.63) is 29.8 Å². The van der Waals surface area contributed by atoms with Gasteiger partial charge in [0.15, 0.2) is 0 Å². The Morgan fingerprint density at radius 1 is 1.16 bits per heavy atom. The molecule has 4 rings (SSSR count). The first kappa shape index (κ1) is 22.0. The molecule has 1 saturated carbocycles. The van der Waals surface area contributed by atoms with Crippen LogP contribution in [0.25, 0.3) is 0 Å². The molecular weight excluding hydrogens is 388 g/mol. The largest absolute Gasteiger partial charge is 0.382 e. The second-order valence-electron chi connectivity index (χ2n) is 10.0. The number of amides is 3. The van der Waals surface area contributed by atoms with E-state index in [4.69, 9.17) is 0 Å². The number of rotatable bonds is 5. The Morgan fingerprint density at radius 2 is 1.94 bits per heavy atom. The van der Waals surface area contributed by atoms with E-state index >= 15 is 0 Å². The van der Waals surface area contributed by atoms with E-state index in [1.54, 1.807) is 0 Å². The van der Waals surface area contributed by atoms with Gasteiger partial charge >= 0.3 is 6.03 Å². The molecule has 6 heteroatoms. The maximum atomic E-state index is 13.8. The van der Waals surface area contributed by atoms with Gasteiger partial charge in [0.25, 0.3) is 0 Å². The third-order valence-electron chi connectivity index (χ3n) is 7.44. The van der Waals surface area contributed by atoms with Gasteiger partial charge in [-0.2, -0.15) is 0 Å². The van der Waals surface area contributed by atoms with Crippen molar-refractivity contribution in [2.45, 2.75) is 77.4 Å². The molecule has 0 spiro atoms. The number of nitrogens with one attached hydrogen (secondary N) is 3. The zero-order valence-corrected chi connectivity index (χ0v) is 19.2. The molecule has 3 aliphatic rings.